The average Bonchev–Trinajstić information content (AvgIpc) is 3.42. The predicted octanol–water partition coefficient (Wildman–Crippen LogP) is 4.55. The number of pyridine rings is 1. The van der Waals surface area contributed by atoms with Gasteiger partial charge < -0.3 is 19.1 Å². The summed E-state index contributed by atoms with van der Waals surface area (Å²) in [7, 11) is 1.58. The minimum absolute atomic E-state index is 0.0407. The monoisotopic (exact) mass is 520 g/mol. The summed E-state index contributed by atoms with van der Waals surface area (Å²) >= 11 is 0. The zero-order valence-electron chi connectivity index (χ0n) is 21.9. The molecule has 0 atom stereocenters. The largest absolute Gasteiger partial charge is 0.496 e. The first kappa shape index (κ1) is 24.5. The lowest BCUT2D eigenvalue weighted by molar-refractivity contribution is 0.0743. The Hall–Kier alpha value is -4.79. The number of piperazine rings is 1. The fourth-order valence-electron chi connectivity index (χ4n) is 4.89. The second-order valence-corrected chi connectivity index (χ2v) is 9.56. The number of para-hydroxylation sites is 1. The highest BCUT2D eigenvalue weighted by Crippen LogP contribution is 2.34. The van der Waals surface area contributed by atoms with Crippen molar-refractivity contribution in [1.29, 1.82) is 0 Å². The van der Waals surface area contributed by atoms with Gasteiger partial charge in [0.25, 0.3) is 11.6 Å². The van der Waals surface area contributed by atoms with Crippen LogP contribution in [0.4, 0.5) is 5.82 Å². The van der Waals surface area contributed by atoms with E-state index in [4.69, 9.17) is 19.2 Å². The maximum Gasteiger partial charge on any atom is 0.263 e. The Kier molecular flexibility index (Phi) is 6.62. The van der Waals surface area contributed by atoms with E-state index in [1.165, 1.54) is 5.56 Å². The van der Waals surface area contributed by atoms with Crippen molar-refractivity contribution in [3.8, 4) is 17.0 Å². The number of carbonyl (C=O) groups excluding carboxylic acids is 1. The molecule has 0 spiro atoms. The lowest BCUT2D eigenvalue weighted by Crippen LogP contribution is -2.49. The van der Waals surface area contributed by atoms with Crippen LogP contribution >= 0.6 is 0 Å². The molecule has 0 saturated carbocycles. The standard InChI is InChI=1S/C30H28N6O3/c1-20-9-11-21(12-10-20)18-25-32-28(26-27(34-39-29(26)33-25)22-6-5-13-31-19-22)35-14-16-36(17-15-35)30(37)23-7-3-4-8-24(23)38-2/h3-13,19H,14-18H2,1-2H3. The van der Waals surface area contributed by atoms with Gasteiger partial charge in [-0.2, -0.15) is 4.98 Å². The van der Waals surface area contributed by atoms with Crippen LogP contribution in [0.1, 0.15) is 27.3 Å². The number of aromatic nitrogens is 4. The lowest BCUT2D eigenvalue weighted by Gasteiger charge is -2.36. The van der Waals surface area contributed by atoms with E-state index in [9.17, 15) is 4.79 Å². The molecule has 6 rings (SSSR count). The van der Waals surface area contributed by atoms with E-state index in [1.54, 1.807) is 25.6 Å². The molecule has 0 N–H and O–H groups in total. The van der Waals surface area contributed by atoms with Gasteiger partial charge in [0.05, 0.1) is 12.7 Å². The lowest BCUT2D eigenvalue weighted by atomic mass is 10.1. The zero-order chi connectivity index (χ0) is 26.8. The van der Waals surface area contributed by atoms with Crippen molar-refractivity contribution >= 4 is 22.8 Å². The van der Waals surface area contributed by atoms with Crippen molar-refractivity contribution in [1.82, 2.24) is 25.0 Å². The van der Waals surface area contributed by atoms with E-state index < -0.39 is 0 Å². The van der Waals surface area contributed by atoms with Crippen LogP contribution in [0.15, 0.2) is 77.6 Å². The molecule has 39 heavy (non-hydrogen) atoms. The minimum Gasteiger partial charge on any atom is -0.496 e. The maximum atomic E-state index is 13.3. The van der Waals surface area contributed by atoms with Gasteiger partial charge in [0, 0.05) is 50.6 Å². The van der Waals surface area contributed by atoms with Crippen LogP contribution in [0.2, 0.25) is 0 Å². The molecule has 1 aliphatic heterocycles. The van der Waals surface area contributed by atoms with Crippen molar-refractivity contribution in [2.24, 2.45) is 0 Å². The Morgan fingerprint density at radius 1 is 0.974 bits per heavy atom. The van der Waals surface area contributed by atoms with Gasteiger partial charge in [0.15, 0.2) is 0 Å². The smallest absolute Gasteiger partial charge is 0.263 e. The van der Waals surface area contributed by atoms with E-state index >= 15 is 0 Å². The number of carbonyl (C=O) groups is 1. The number of amides is 1. The zero-order valence-corrected chi connectivity index (χ0v) is 21.9. The Bertz CT molecular complexity index is 1610. The molecule has 1 amide bonds. The van der Waals surface area contributed by atoms with E-state index in [1.807, 2.05) is 35.2 Å². The summed E-state index contributed by atoms with van der Waals surface area (Å²) in [6.45, 7) is 4.37. The number of hydrogen-bond acceptors (Lipinski definition) is 8. The number of anilines is 1. The first-order valence-electron chi connectivity index (χ1n) is 12.9. The molecule has 0 bridgehead atoms. The molecule has 0 unspecified atom stereocenters. The number of ether oxygens (including phenoxy) is 1. The molecular formula is C30H28N6O3. The Morgan fingerprint density at radius 3 is 2.51 bits per heavy atom. The molecule has 1 fully saturated rings. The summed E-state index contributed by atoms with van der Waals surface area (Å²) < 4.78 is 11.2. The van der Waals surface area contributed by atoms with Crippen LogP contribution in [0.5, 0.6) is 5.75 Å². The van der Waals surface area contributed by atoms with Crippen LogP contribution in [-0.2, 0) is 6.42 Å². The van der Waals surface area contributed by atoms with Gasteiger partial charge in [0.1, 0.15) is 28.5 Å². The second-order valence-electron chi connectivity index (χ2n) is 9.56. The van der Waals surface area contributed by atoms with Crippen LogP contribution in [0, 0.1) is 6.92 Å². The fourth-order valence-corrected chi connectivity index (χ4v) is 4.89. The van der Waals surface area contributed by atoms with Crippen molar-refractivity contribution in [3.05, 3.63) is 95.6 Å². The van der Waals surface area contributed by atoms with Crippen LogP contribution in [0.3, 0.4) is 0 Å². The summed E-state index contributed by atoms with van der Waals surface area (Å²) in [4.78, 5) is 31.3. The quantitative estimate of drug-likeness (QED) is 0.322. The highest BCUT2D eigenvalue weighted by atomic mass is 16.5. The first-order chi connectivity index (χ1) is 19.1. The molecule has 9 nitrogen and oxygen atoms in total. The van der Waals surface area contributed by atoms with Gasteiger partial charge in [-0.15, -0.1) is 0 Å². The summed E-state index contributed by atoms with van der Waals surface area (Å²) in [5.41, 5.74) is 4.81. The third-order valence-corrected chi connectivity index (χ3v) is 6.98. The van der Waals surface area contributed by atoms with Crippen LogP contribution in [-0.4, -0.2) is 64.2 Å². The number of methoxy groups -OCH3 is 1. The number of nitrogens with zero attached hydrogens (tertiary/aromatic N) is 6. The second kappa shape index (κ2) is 10.5. The molecule has 1 saturated heterocycles. The van der Waals surface area contributed by atoms with Gasteiger partial charge in [0.2, 0.25) is 0 Å². The van der Waals surface area contributed by atoms with E-state index in [0.717, 1.165) is 22.3 Å². The highest BCUT2D eigenvalue weighted by molar-refractivity contribution is 5.99. The third kappa shape index (κ3) is 4.90. The molecule has 0 radical (unpaired) electrons. The fraction of sp³-hybridized carbons (Fsp3) is 0.233. The molecule has 1 aliphatic rings. The summed E-state index contributed by atoms with van der Waals surface area (Å²) in [6, 6.07) is 19.5. The number of aryl methyl sites for hydroxylation is 1. The Labute approximate surface area is 226 Å². The van der Waals surface area contributed by atoms with E-state index in [0.29, 0.717) is 61.1 Å². The molecule has 5 aromatic rings. The third-order valence-electron chi connectivity index (χ3n) is 6.98. The normalized spacial score (nSPS) is 13.6. The molecular weight excluding hydrogens is 492 g/mol. The maximum absolute atomic E-state index is 13.3. The van der Waals surface area contributed by atoms with Crippen LogP contribution in [0.25, 0.3) is 22.4 Å². The SMILES string of the molecule is COc1ccccc1C(=O)N1CCN(c2nc(Cc3ccc(C)cc3)nc3onc(-c4cccnc4)c23)CC1. The Morgan fingerprint density at radius 2 is 1.77 bits per heavy atom. The van der Waals surface area contributed by atoms with Crippen LogP contribution < -0.4 is 9.64 Å². The molecule has 9 heteroatoms. The molecule has 3 aromatic heterocycles. The first-order valence-corrected chi connectivity index (χ1v) is 12.9. The van der Waals surface area contributed by atoms with Crippen molar-refractivity contribution in [3.63, 3.8) is 0 Å². The topological polar surface area (TPSA) is 97.5 Å². The van der Waals surface area contributed by atoms with Gasteiger partial charge >= 0.3 is 0 Å². The number of fused-ring (bicyclic) bond motifs is 1. The summed E-state index contributed by atoms with van der Waals surface area (Å²) in [5.74, 6) is 1.95. The van der Waals surface area contributed by atoms with Gasteiger partial charge in [-0.3, -0.25) is 9.78 Å². The van der Waals surface area contributed by atoms with Gasteiger partial charge in [-0.25, -0.2) is 4.98 Å². The van der Waals surface area contributed by atoms with Crippen molar-refractivity contribution < 1.29 is 14.1 Å². The number of rotatable bonds is 6. The van der Waals surface area contributed by atoms with Gasteiger partial charge in [-0.05, 0) is 36.8 Å². The van der Waals surface area contributed by atoms with E-state index in [2.05, 4.69) is 46.2 Å². The molecule has 2 aromatic carbocycles. The van der Waals surface area contributed by atoms with Gasteiger partial charge in [-0.1, -0.05) is 47.1 Å². The number of hydrogen-bond donors (Lipinski definition) is 0. The average molecular weight is 521 g/mol. The number of benzene rings is 2. The predicted molar refractivity (Wildman–Crippen MR) is 148 cm³/mol. The minimum atomic E-state index is -0.0407. The summed E-state index contributed by atoms with van der Waals surface area (Å²) in [5, 5.41) is 5.11. The van der Waals surface area contributed by atoms with E-state index in [-0.39, 0.29) is 5.91 Å². The highest BCUT2D eigenvalue weighted by Gasteiger charge is 2.28. The molecule has 4 heterocycles. The molecule has 0 aliphatic carbocycles. The van der Waals surface area contributed by atoms with Crippen molar-refractivity contribution in [2.75, 3.05) is 38.2 Å². The Balaban J connectivity index is 1.33. The summed E-state index contributed by atoms with van der Waals surface area (Å²) in [6.07, 6.45) is 4.05. The van der Waals surface area contributed by atoms with Crippen molar-refractivity contribution in [2.45, 2.75) is 13.3 Å². The molecule has 196 valence electrons.